The second kappa shape index (κ2) is 5.32. The van der Waals surface area contributed by atoms with Crippen LogP contribution in [0.4, 0.5) is 13.2 Å². The van der Waals surface area contributed by atoms with E-state index < -0.39 is 36.4 Å². The zero-order valence-electron chi connectivity index (χ0n) is 11.2. The highest BCUT2D eigenvalue weighted by Gasteiger charge is 2.64. The molecule has 8 heteroatoms. The summed E-state index contributed by atoms with van der Waals surface area (Å²) in [6, 6.07) is 3.58. The minimum Gasteiger partial charge on any atom is -0.481 e. The molecule has 0 unspecified atom stereocenters. The first kappa shape index (κ1) is 15.8. The quantitative estimate of drug-likeness (QED) is 0.930. The van der Waals surface area contributed by atoms with Crippen LogP contribution in [0, 0.1) is 12.3 Å². The maximum Gasteiger partial charge on any atom is 0.406 e. The van der Waals surface area contributed by atoms with E-state index in [2.05, 4.69) is 0 Å². The summed E-state index contributed by atoms with van der Waals surface area (Å²) in [4.78, 5) is 25.8. The van der Waals surface area contributed by atoms with Crippen LogP contribution in [0.5, 0.6) is 0 Å². The number of carbonyl (C=O) groups excluding carboxylic acids is 1. The lowest BCUT2D eigenvalue weighted by atomic mass is 9.86. The monoisotopic (exact) mass is 321 g/mol. The number of hydrogen-bond donors (Lipinski definition) is 1. The molecular weight excluding hydrogens is 307 g/mol. The van der Waals surface area contributed by atoms with Crippen molar-refractivity contribution in [2.24, 2.45) is 5.41 Å². The molecule has 1 aliphatic rings. The molecule has 1 saturated heterocycles. The molecule has 1 N–H and O–H groups in total. The number of carboxylic acid groups (broad SMARTS) is 1. The first-order chi connectivity index (χ1) is 9.65. The van der Waals surface area contributed by atoms with E-state index in [1.54, 1.807) is 6.07 Å². The molecule has 1 aromatic heterocycles. The van der Waals surface area contributed by atoms with Crippen LogP contribution in [0.25, 0.3) is 0 Å². The minimum absolute atomic E-state index is 0.00601. The number of carbonyl (C=O) groups is 2. The number of aryl methyl sites for hydroxylation is 1. The van der Waals surface area contributed by atoms with Gasteiger partial charge in [0, 0.05) is 22.8 Å². The number of aliphatic carboxylic acids is 1. The number of carboxylic acids is 1. The standard InChI is InChI=1S/C13H14F3NO3S/c1-8-2-3-9(21-8)6-10(18)17-5-4-12(7-17,11(19)20)13(14,15)16/h2-3H,4-7H2,1H3,(H,19,20)/t12-/m1/s1. The Labute approximate surface area is 123 Å². The van der Waals surface area contributed by atoms with E-state index >= 15 is 0 Å². The number of alkyl halides is 3. The van der Waals surface area contributed by atoms with Gasteiger partial charge in [-0.25, -0.2) is 0 Å². The molecule has 0 spiro atoms. The Balaban J connectivity index is 2.10. The highest BCUT2D eigenvalue weighted by atomic mass is 32.1. The number of nitrogens with zero attached hydrogens (tertiary/aromatic N) is 1. The molecule has 0 saturated carbocycles. The maximum absolute atomic E-state index is 13.0. The first-order valence-corrected chi connectivity index (χ1v) is 7.10. The predicted octanol–water partition coefficient (Wildman–Crippen LogP) is 2.46. The molecule has 116 valence electrons. The van der Waals surface area contributed by atoms with E-state index in [0.29, 0.717) is 0 Å². The Morgan fingerprint density at radius 3 is 2.52 bits per heavy atom. The van der Waals surface area contributed by atoms with E-state index in [1.165, 1.54) is 11.3 Å². The summed E-state index contributed by atoms with van der Waals surface area (Å²) in [7, 11) is 0. The Hall–Kier alpha value is -1.57. The van der Waals surface area contributed by atoms with Gasteiger partial charge in [0.2, 0.25) is 5.91 Å². The number of likely N-dealkylation sites (tertiary alicyclic amines) is 1. The topological polar surface area (TPSA) is 57.6 Å². The third-order valence-corrected chi connectivity index (χ3v) is 4.70. The molecule has 0 radical (unpaired) electrons. The average molecular weight is 321 g/mol. The van der Waals surface area contributed by atoms with Crippen molar-refractivity contribution in [3.8, 4) is 0 Å². The lowest BCUT2D eigenvalue weighted by Gasteiger charge is -2.27. The molecule has 0 bridgehead atoms. The third-order valence-electron chi connectivity index (χ3n) is 3.70. The third kappa shape index (κ3) is 2.90. The van der Waals surface area contributed by atoms with Crippen LogP contribution in [0.15, 0.2) is 12.1 Å². The van der Waals surface area contributed by atoms with Crippen molar-refractivity contribution in [1.29, 1.82) is 0 Å². The van der Waals surface area contributed by atoms with Crippen LogP contribution in [0.2, 0.25) is 0 Å². The Morgan fingerprint density at radius 1 is 1.43 bits per heavy atom. The molecule has 4 nitrogen and oxygen atoms in total. The summed E-state index contributed by atoms with van der Waals surface area (Å²) in [5.41, 5.74) is -2.84. The summed E-state index contributed by atoms with van der Waals surface area (Å²) < 4.78 is 39.1. The molecule has 1 amide bonds. The van der Waals surface area contributed by atoms with Gasteiger partial charge in [-0.05, 0) is 25.5 Å². The molecule has 1 aromatic rings. The van der Waals surface area contributed by atoms with Crippen LogP contribution >= 0.6 is 11.3 Å². The fourth-order valence-corrected chi connectivity index (χ4v) is 3.27. The van der Waals surface area contributed by atoms with Crippen LogP contribution in [-0.4, -0.2) is 41.1 Å². The van der Waals surface area contributed by atoms with Gasteiger partial charge >= 0.3 is 12.1 Å². The van der Waals surface area contributed by atoms with Gasteiger partial charge in [0.15, 0.2) is 5.41 Å². The lowest BCUT2D eigenvalue weighted by Crippen LogP contribution is -2.47. The second-order valence-electron chi connectivity index (χ2n) is 5.14. The summed E-state index contributed by atoms with van der Waals surface area (Å²) in [6.45, 7) is 0.873. The van der Waals surface area contributed by atoms with Crippen molar-refractivity contribution in [2.75, 3.05) is 13.1 Å². The number of thiophene rings is 1. The van der Waals surface area contributed by atoms with Crippen molar-refractivity contribution in [1.82, 2.24) is 4.90 Å². The van der Waals surface area contributed by atoms with E-state index in [0.717, 1.165) is 14.7 Å². The molecule has 2 heterocycles. The van der Waals surface area contributed by atoms with Crippen molar-refractivity contribution < 1.29 is 27.9 Å². The fraction of sp³-hybridized carbons (Fsp3) is 0.538. The van der Waals surface area contributed by atoms with Gasteiger partial charge in [0.1, 0.15) is 0 Å². The number of amides is 1. The second-order valence-corrected chi connectivity index (χ2v) is 6.51. The molecule has 2 rings (SSSR count). The molecule has 21 heavy (non-hydrogen) atoms. The lowest BCUT2D eigenvalue weighted by molar-refractivity contribution is -0.227. The summed E-state index contributed by atoms with van der Waals surface area (Å²) in [5, 5.41) is 8.94. The molecule has 1 fully saturated rings. The normalized spacial score (nSPS) is 22.6. The zero-order chi connectivity index (χ0) is 15.8. The van der Waals surface area contributed by atoms with Gasteiger partial charge in [0.05, 0.1) is 6.42 Å². The smallest absolute Gasteiger partial charge is 0.406 e. The molecular formula is C13H14F3NO3S. The van der Waals surface area contributed by atoms with Gasteiger partial charge in [-0.1, -0.05) is 0 Å². The van der Waals surface area contributed by atoms with E-state index in [9.17, 15) is 22.8 Å². The van der Waals surface area contributed by atoms with Crippen LogP contribution in [-0.2, 0) is 16.0 Å². The Morgan fingerprint density at radius 2 is 2.10 bits per heavy atom. The molecule has 0 aliphatic carbocycles. The van der Waals surface area contributed by atoms with Gasteiger partial charge in [-0.15, -0.1) is 11.3 Å². The minimum atomic E-state index is -4.87. The number of hydrogen-bond acceptors (Lipinski definition) is 3. The van der Waals surface area contributed by atoms with E-state index in [-0.39, 0.29) is 13.0 Å². The SMILES string of the molecule is Cc1ccc(CC(=O)N2CC[C@@](C(=O)O)(C(F)(F)F)C2)s1. The predicted molar refractivity (Wildman–Crippen MR) is 70.1 cm³/mol. The largest absolute Gasteiger partial charge is 0.481 e. The van der Waals surface area contributed by atoms with Crippen LogP contribution in [0.1, 0.15) is 16.2 Å². The summed E-state index contributed by atoms with van der Waals surface area (Å²) in [5.74, 6) is -2.39. The van der Waals surface area contributed by atoms with E-state index in [1.807, 2.05) is 13.0 Å². The first-order valence-electron chi connectivity index (χ1n) is 6.29. The zero-order valence-corrected chi connectivity index (χ0v) is 12.1. The maximum atomic E-state index is 13.0. The molecule has 1 atom stereocenters. The van der Waals surface area contributed by atoms with Gasteiger partial charge in [-0.2, -0.15) is 13.2 Å². The Bertz CT molecular complexity index is 569. The van der Waals surface area contributed by atoms with Crippen molar-refractivity contribution in [2.45, 2.75) is 25.9 Å². The van der Waals surface area contributed by atoms with Gasteiger partial charge < -0.3 is 10.0 Å². The highest BCUT2D eigenvalue weighted by Crippen LogP contribution is 2.45. The van der Waals surface area contributed by atoms with Crippen LogP contribution in [0.3, 0.4) is 0 Å². The highest BCUT2D eigenvalue weighted by molar-refractivity contribution is 7.12. The average Bonchev–Trinajstić information content (AvgIpc) is 2.95. The fourth-order valence-electron chi connectivity index (χ4n) is 2.39. The number of rotatable bonds is 3. The number of halogens is 3. The van der Waals surface area contributed by atoms with Gasteiger partial charge in [-0.3, -0.25) is 9.59 Å². The molecule has 1 aliphatic heterocycles. The van der Waals surface area contributed by atoms with E-state index in [4.69, 9.17) is 5.11 Å². The molecule has 0 aromatic carbocycles. The van der Waals surface area contributed by atoms with Gasteiger partial charge in [0.25, 0.3) is 0 Å². The van der Waals surface area contributed by atoms with Crippen molar-refractivity contribution in [3.05, 3.63) is 21.9 Å². The summed E-state index contributed by atoms with van der Waals surface area (Å²) >= 11 is 1.40. The van der Waals surface area contributed by atoms with Crippen LogP contribution < -0.4 is 0 Å². The summed E-state index contributed by atoms with van der Waals surface area (Å²) in [6.07, 6.45) is -5.46. The Kier molecular flexibility index (Phi) is 4.01. The van der Waals surface area contributed by atoms with Crippen molar-refractivity contribution >= 4 is 23.2 Å². The van der Waals surface area contributed by atoms with Crippen molar-refractivity contribution in [3.63, 3.8) is 0 Å².